The summed E-state index contributed by atoms with van der Waals surface area (Å²) in [6.45, 7) is 4.67. The van der Waals surface area contributed by atoms with E-state index in [2.05, 4.69) is 4.98 Å². The Balaban J connectivity index is 2.30. The van der Waals surface area contributed by atoms with E-state index >= 15 is 0 Å². The molecule has 0 spiro atoms. The lowest BCUT2D eigenvalue weighted by Crippen LogP contribution is -2.17. The maximum absolute atomic E-state index is 5.77. The molecule has 1 aromatic heterocycles. The first-order chi connectivity index (χ1) is 7.69. The molecule has 4 heteroatoms. The van der Waals surface area contributed by atoms with Crippen LogP contribution in [-0.4, -0.2) is 17.6 Å². The molecular weight excluding hydrogens is 220 g/mol. The zero-order chi connectivity index (χ0) is 11.5. The van der Waals surface area contributed by atoms with Crippen molar-refractivity contribution in [1.82, 2.24) is 4.98 Å². The van der Waals surface area contributed by atoms with Gasteiger partial charge in [0.15, 0.2) is 0 Å². The number of fused-ring (bicyclic) bond motifs is 1. The van der Waals surface area contributed by atoms with Crippen LogP contribution in [0.5, 0.6) is 5.75 Å². The van der Waals surface area contributed by atoms with E-state index in [1.165, 1.54) is 4.70 Å². The summed E-state index contributed by atoms with van der Waals surface area (Å²) in [5.74, 6) is 0.908. The van der Waals surface area contributed by atoms with Gasteiger partial charge in [0.2, 0.25) is 0 Å². The number of hydrogen-bond acceptors (Lipinski definition) is 4. The fourth-order valence-electron chi connectivity index (χ4n) is 1.57. The van der Waals surface area contributed by atoms with Crippen LogP contribution in [0.25, 0.3) is 10.2 Å². The van der Waals surface area contributed by atoms with Gasteiger partial charge in [0.1, 0.15) is 5.75 Å². The Kier molecular flexibility index (Phi) is 3.41. The van der Waals surface area contributed by atoms with Crippen molar-refractivity contribution < 1.29 is 4.74 Å². The molecule has 2 aromatic rings. The minimum atomic E-state index is 0.159. The lowest BCUT2D eigenvalue weighted by Gasteiger charge is -2.00. The molecule has 0 amide bonds. The van der Waals surface area contributed by atoms with Crippen LogP contribution in [0.2, 0.25) is 0 Å². The summed E-state index contributed by atoms with van der Waals surface area (Å²) in [6, 6.07) is 6.16. The number of hydrogen-bond donors (Lipinski definition) is 1. The highest BCUT2D eigenvalue weighted by atomic mass is 32.1. The Morgan fingerprint density at radius 2 is 2.31 bits per heavy atom. The first kappa shape index (κ1) is 11.4. The standard InChI is InChI=1S/C12H16N2OS/c1-3-15-9-4-5-10-11(7-9)16-12(14-10)6-8(2)13/h4-5,7-8H,3,6,13H2,1-2H3. The molecule has 0 radical (unpaired) electrons. The zero-order valence-corrected chi connectivity index (χ0v) is 10.4. The predicted octanol–water partition coefficient (Wildman–Crippen LogP) is 2.58. The van der Waals surface area contributed by atoms with E-state index in [9.17, 15) is 0 Å². The quantitative estimate of drug-likeness (QED) is 0.887. The summed E-state index contributed by atoms with van der Waals surface area (Å²) < 4.78 is 6.63. The summed E-state index contributed by atoms with van der Waals surface area (Å²) in [6.07, 6.45) is 0.837. The van der Waals surface area contributed by atoms with Gasteiger partial charge in [-0.05, 0) is 32.0 Å². The largest absolute Gasteiger partial charge is 0.494 e. The monoisotopic (exact) mass is 236 g/mol. The van der Waals surface area contributed by atoms with E-state index in [0.29, 0.717) is 6.61 Å². The van der Waals surface area contributed by atoms with Gasteiger partial charge in [-0.15, -0.1) is 11.3 Å². The Bertz CT molecular complexity index is 479. The number of rotatable bonds is 4. The van der Waals surface area contributed by atoms with Gasteiger partial charge in [0.05, 0.1) is 21.8 Å². The van der Waals surface area contributed by atoms with Crippen molar-refractivity contribution in [3.63, 3.8) is 0 Å². The van der Waals surface area contributed by atoms with E-state index in [0.717, 1.165) is 22.7 Å². The zero-order valence-electron chi connectivity index (χ0n) is 9.56. The molecule has 86 valence electrons. The molecule has 2 N–H and O–H groups in total. The summed E-state index contributed by atoms with van der Waals surface area (Å²) in [5, 5.41) is 1.10. The maximum Gasteiger partial charge on any atom is 0.120 e. The van der Waals surface area contributed by atoms with Gasteiger partial charge >= 0.3 is 0 Å². The van der Waals surface area contributed by atoms with Crippen molar-refractivity contribution in [2.24, 2.45) is 5.73 Å². The molecule has 0 bridgehead atoms. The van der Waals surface area contributed by atoms with Gasteiger partial charge in [-0.3, -0.25) is 0 Å². The Morgan fingerprint density at radius 3 is 3.00 bits per heavy atom. The number of thiazole rings is 1. The van der Waals surface area contributed by atoms with E-state index in [1.807, 2.05) is 32.0 Å². The second-order valence-electron chi connectivity index (χ2n) is 3.85. The molecule has 1 unspecified atom stereocenters. The van der Waals surface area contributed by atoms with Crippen LogP contribution in [-0.2, 0) is 6.42 Å². The third kappa shape index (κ3) is 2.51. The molecule has 1 heterocycles. The first-order valence-corrected chi connectivity index (χ1v) is 6.28. The van der Waals surface area contributed by atoms with Crippen LogP contribution in [0, 0.1) is 0 Å². The summed E-state index contributed by atoms with van der Waals surface area (Å²) in [4.78, 5) is 4.54. The molecule has 0 fully saturated rings. The predicted molar refractivity (Wildman–Crippen MR) is 68.1 cm³/mol. The normalized spacial score (nSPS) is 12.9. The van der Waals surface area contributed by atoms with Gasteiger partial charge in [0, 0.05) is 12.5 Å². The molecule has 1 aromatic carbocycles. The molecule has 1 atom stereocenters. The summed E-state index contributed by atoms with van der Waals surface area (Å²) in [7, 11) is 0. The number of nitrogens with two attached hydrogens (primary N) is 1. The average Bonchev–Trinajstić information content (AvgIpc) is 2.58. The summed E-state index contributed by atoms with van der Waals surface area (Å²) >= 11 is 1.69. The molecule has 0 aliphatic rings. The Morgan fingerprint density at radius 1 is 1.50 bits per heavy atom. The van der Waals surface area contributed by atoms with E-state index < -0.39 is 0 Å². The SMILES string of the molecule is CCOc1ccc2nc(CC(C)N)sc2c1. The maximum atomic E-state index is 5.77. The van der Waals surface area contributed by atoms with E-state index in [4.69, 9.17) is 10.5 Å². The van der Waals surface area contributed by atoms with Crippen LogP contribution in [0.3, 0.4) is 0 Å². The van der Waals surface area contributed by atoms with Crippen molar-refractivity contribution in [2.75, 3.05) is 6.61 Å². The molecule has 0 saturated carbocycles. The van der Waals surface area contributed by atoms with Crippen LogP contribution >= 0.6 is 11.3 Å². The molecule has 0 aliphatic heterocycles. The highest BCUT2D eigenvalue weighted by Gasteiger charge is 2.06. The fourth-order valence-corrected chi connectivity index (χ4v) is 2.71. The first-order valence-electron chi connectivity index (χ1n) is 5.47. The van der Waals surface area contributed by atoms with Crippen LogP contribution in [0.1, 0.15) is 18.9 Å². The van der Waals surface area contributed by atoms with Crippen molar-refractivity contribution in [3.05, 3.63) is 23.2 Å². The third-order valence-corrected chi connectivity index (χ3v) is 3.25. The second kappa shape index (κ2) is 4.80. The molecule has 2 rings (SSSR count). The van der Waals surface area contributed by atoms with Crippen molar-refractivity contribution in [1.29, 1.82) is 0 Å². The number of benzene rings is 1. The molecule has 0 aliphatic carbocycles. The minimum Gasteiger partial charge on any atom is -0.494 e. The highest BCUT2D eigenvalue weighted by molar-refractivity contribution is 7.18. The highest BCUT2D eigenvalue weighted by Crippen LogP contribution is 2.26. The van der Waals surface area contributed by atoms with Gasteiger partial charge in [-0.1, -0.05) is 0 Å². The van der Waals surface area contributed by atoms with Gasteiger partial charge < -0.3 is 10.5 Å². The molecule has 3 nitrogen and oxygen atoms in total. The van der Waals surface area contributed by atoms with Crippen molar-refractivity contribution in [3.8, 4) is 5.75 Å². The Labute approximate surface area is 99.3 Å². The third-order valence-electron chi connectivity index (χ3n) is 2.21. The number of nitrogens with zero attached hydrogens (tertiary/aromatic N) is 1. The topological polar surface area (TPSA) is 48.1 Å². The average molecular weight is 236 g/mol. The smallest absolute Gasteiger partial charge is 0.120 e. The van der Waals surface area contributed by atoms with Crippen molar-refractivity contribution >= 4 is 21.6 Å². The van der Waals surface area contributed by atoms with Crippen LogP contribution in [0.15, 0.2) is 18.2 Å². The van der Waals surface area contributed by atoms with Gasteiger partial charge in [-0.2, -0.15) is 0 Å². The Hall–Kier alpha value is -1.13. The van der Waals surface area contributed by atoms with Crippen LogP contribution in [0.4, 0.5) is 0 Å². The molecular formula is C12H16N2OS. The second-order valence-corrected chi connectivity index (χ2v) is 4.97. The molecule has 16 heavy (non-hydrogen) atoms. The van der Waals surface area contributed by atoms with Crippen molar-refractivity contribution in [2.45, 2.75) is 26.3 Å². The summed E-state index contributed by atoms with van der Waals surface area (Å²) in [5.41, 5.74) is 6.80. The van der Waals surface area contributed by atoms with Gasteiger partial charge in [0.25, 0.3) is 0 Å². The van der Waals surface area contributed by atoms with Gasteiger partial charge in [-0.25, -0.2) is 4.98 Å². The lowest BCUT2D eigenvalue weighted by molar-refractivity contribution is 0.341. The number of aromatic nitrogens is 1. The van der Waals surface area contributed by atoms with E-state index in [1.54, 1.807) is 11.3 Å². The fraction of sp³-hybridized carbons (Fsp3) is 0.417. The minimum absolute atomic E-state index is 0.159. The number of ether oxygens (including phenoxy) is 1. The van der Waals surface area contributed by atoms with Crippen LogP contribution < -0.4 is 10.5 Å². The lowest BCUT2D eigenvalue weighted by atomic mass is 10.3. The van der Waals surface area contributed by atoms with E-state index in [-0.39, 0.29) is 6.04 Å². The molecule has 0 saturated heterocycles.